The summed E-state index contributed by atoms with van der Waals surface area (Å²) in [5, 5.41) is 22.0. The van der Waals surface area contributed by atoms with Gasteiger partial charge in [0, 0.05) is 49.3 Å². The summed E-state index contributed by atoms with van der Waals surface area (Å²) in [5.74, 6) is 0.485. The fourth-order valence-electron chi connectivity index (χ4n) is 2.86. The van der Waals surface area contributed by atoms with Gasteiger partial charge in [-0.15, -0.1) is 0 Å². The number of amides is 2. The summed E-state index contributed by atoms with van der Waals surface area (Å²) >= 11 is 0. The van der Waals surface area contributed by atoms with Crippen molar-refractivity contribution in [3.05, 3.63) is 48.4 Å². The van der Waals surface area contributed by atoms with Crippen LogP contribution < -0.4 is 21.3 Å². The molecule has 3 aromatic rings. The molecule has 0 aliphatic heterocycles. The number of nitrogens with one attached hydrogen (secondary N) is 4. The number of fused-ring (bicyclic) bond motifs is 1. The molecule has 0 atom stereocenters. The van der Waals surface area contributed by atoms with E-state index in [1.165, 1.54) is 6.20 Å². The van der Waals surface area contributed by atoms with Crippen LogP contribution in [0.25, 0.3) is 10.8 Å². The summed E-state index contributed by atoms with van der Waals surface area (Å²) in [6, 6.07) is 7.78. The quantitative estimate of drug-likeness (QED) is 0.313. The number of aromatic nitrogens is 3. The van der Waals surface area contributed by atoms with E-state index in [9.17, 15) is 9.59 Å². The molecule has 3 rings (SSSR count). The lowest BCUT2D eigenvalue weighted by Gasteiger charge is -2.13. The van der Waals surface area contributed by atoms with E-state index in [0.717, 1.165) is 22.9 Å². The standard InChI is InChI=1S/C21H25N7O3/c1-2-7-23-18-17(19(29)24-8-3-9-25-21(30)31)13-26-20(28-18)27-16-5-4-15-12-22-10-6-14(15)11-16/h4-6,10-13,25H,2-3,7-9H2,1H3,(H,24,29)(H,30,31)(H2,23,26,27,28). The molecular weight excluding hydrogens is 398 g/mol. The number of rotatable bonds is 10. The minimum atomic E-state index is -1.09. The molecule has 0 saturated heterocycles. The van der Waals surface area contributed by atoms with E-state index in [2.05, 4.69) is 36.2 Å². The van der Waals surface area contributed by atoms with Gasteiger partial charge in [-0.25, -0.2) is 9.78 Å². The van der Waals surface area contributed by atoms with Crippen molar-refractivity contribution in [2.75, 3.05) is 30.3 Å². The Morgan fingerprint density at radius 1 is 1.03 bits per heavy atom. The van der Waals surface area contributed by atoms with Crippen LogP contribution >= 0.6 is 0 Å². The SMILES string of the molecule is CCCNc1nc(Nc2ccc3cnccc3c2)ncc1C(=O)NCCCNC(=O)O. The summed E-state index contributed by atoms with van der Waals surface area (Å²) in [5.41, 5.74) is 1.15. The van der Waals surface area contributed by atoms with Gasteiger partial charge in [-0.2, -0.15) is 4.98 Å². The molecule has 31 heavy (non-hydrogen) atoms. The summed E-state index contributed by atoms with van der Waals surface area (Å²) < 4.78 is 0. The summed E-state index contributed by atoms with van der Waals surface area (Å²) in [6.07, 6.45) is 5.27. The number of benzene rings is 1. The number of pyridine rings is 1. The number of carbonyl (C=O) groups is 2. The van der Waals surface area contributed by atoms with Crippen molar-refractivity contribution in [1.82, 2.24) is 25.6 Å². The summed E-state index contributed by atoms with van der Waals surface area (Å²) in [7, 11) is 0. The van der Waals surface area contributed by atoms with E-state index in [1.807, 2.05) is 31.2 Å². The highest BCUT2D eigenvalue weighted by atomic mass is 16.4. The van der Waals surface area contributed by atoms with Gasteiger partial charge in [0.05, 0.1) is 0 Å². The number of anilines is 3. The second kappa shape index (κ2) is 10.7. The molecule has 0 fully saturated rings. The van der Waals surface area contributed by atoms with E-state index in [4.69, 9.17) is 5.11 Å². The Kier molecular flexibility index (Phi) is 7.52. The molecule has 5 N–H and O–H groups in total. The predicted octanol–water partition coefficient (Wildman–Crippen LogP) is 2.98. The highest BCUT2D eigenvalue weighted by Gasteiger charge is 2.14. The van der Waals surface area contributed by atoms with Crippen LogP contribution in [-0.4, -0.2) is 51.7 Å². The molecule has 0 aliphatic carbocycles. The van der Waals surface area contributed by atoms with E-state index in [-0.39, 0.29) is 12.5 Å². The molecule has 0 radical (unpaired) electrons. The fourth-order valence-corrected chi connectivity index (χ4v) is 2.86. The first-order valence-electron chi connectivity index (χ1n) is 10.0. The van der Waals surface area contributed by atoms with Crippen LogP contribution in [0.2, 0.25) is 0 Å². The Morgan fingerprint density at radius 3 is 2.68 bits per heavy atom. The second-order valence-electron chi connectivity index (χ2n) is 6.79. The van der Waals surface area contributed by atoms with Crippen LogP contribution in [0.4, 0.5) is 22.2 Å². The third-order valence-corrected chi connectivity index (χ3v) is 4.39. The zero-order chi connectivity index (χ0) is 22.1. The molecule has 0 bridgehead atoms. The zero-order valence-corrected chi connectivity index (χ0v) is 17.2. The molecule has 0 unspecified atom stereocenters. The molecule has 10 nitrogen and oxygen atoms in total. The molecule has 0 saturated carbocycles. The lowest BCUT2D eigenvalue weighted by atomic mass is 10.1. The van der Waals surface area contributed by atoms with Crippen LogP contribution in [0.1, 0.15) is 30.1 Å². The number of carboxylic acid groups (broad SMARTS) is 1. The molecule has 2 amide bonds. The van der Waals surface area contributed by atoms with Crippen LogP contribution in [0.15, 0.2) is 42.9 Å². The first-order chi connectivity index (χ1) is 15.1. The van der Waals surface area contributed by atoms with Gasteiger partial charge in [0.15, 0.2) is 0 Å². The minimum Gasteiger partial charge on any atom is -0.465 e. The van der Waals surface area contributed by atoms with Gasteiger partial charge >= 0.3 is 6.09 Å². The van der Waals surface area contributed by atoms with Crippen molar-refractivity contribution in [2.24, 2.45) is 0 Å². The zero-order valence-electron chi connectivity index (χ0n) is 17.2. The molecule has 10 heteroatoms. The number of hydrogen-bond donors (Lipinski definition) is 5. The Hall–Kier alpha value is -3.95. The number of hydrogen-bond acceptors (Lipinski definition) is 7. The average Bonchev–Trinajstić information content (AvgIpc) is 2.77. The van der Waals surface area contributed by atoms with E-state index >= 15 is 0 Å². The van der Waals surface area contributed by atoms with Crippen molar-refractivity contribution in [2.45, 2.75) is 19.8 Å². The Labute approximate surface area is 179 Å². The Balaban J connectivity index is 1.70. The molecule has 2 aromatic heterocycles. The maximum Gasteiger partial charge on any atom is 0.404 e. The van der Waals surface area contributed by atoms with E-state index in [1.54, 1.807) is 12.4 Å². The molecule has 0 spiro atoms. The molecular formula is C21H25N7O3. The van der Waals surface area contributed by atoms with Gasteiger partial charge in [-0.1, -0.05) is 13.0 Å². The highest BCUT2D eigenvalue weighted by molar-refractivity contribution is 5.98. The van der Waals surface area contributed by atoms with Crippen molar-refractivity contribution in [3.8, 4) is 0 Å². The second-order valence-corrected chi connectivity index (χ2v) is 6.79. The number of carbonyl (C=O) groups excluding carboxylic acids is 1. The Bertz CT molecular complexity index is 1060. The number of nitrogens with zero attached hydrogens (tertiary/aromatic N) is 3. The third-order valence-electron chi connectivity index (χ3n) is 4.39. The largest absolute Gasteiger partial charge is 0.465 e. The molecule has 162 valence electrons. The Morgan fingerprint density at radius 2 is 1.87 bits per heavy atom. The van der Waals surface area contributed by atoms with Crippen molar-refractivity contribution in [1.29, 1.82) is 0 Å². The maximum absolute atomic E-state index is 12.5. The monoisotopic (exact) mass is 423 g/mol. The van der Waals surface area contributed by atoms with Crippen molar-refractivity contribution >= 4 is 40.2 Å². The lowest BCUT2D eigenvalue weighted by molar-refractivity contribution is 0.0953. The summed E-state index contributed by atoms with van der Waals surface area (Å²) in [6.45, 7) is 3.27. The maximum atomic E-state index is 12.5. The van der Waals surface area contributed by atoms with Crippen LogP contribution in [0.5, 0.6) is 0 Å². The van der Waals surface area contributed by atoms with Gasteiger partial charge in [0.2, 0.25) is 5.95 Å². The van der Waals surface area contributed by atoms with Gasteiger partial charge in [-0.3, -0.25) is 9.78 Å². The fraction of sp³-hybridized carbons (Fsp3) is 0.286. The van der Waals surface area contributed by atoms with Crippen LogP contribution in [0, 0.1) is 0 Å². The first kappa shape index (κ1) is 21.8. The predicted molar refractivity (Wildman–Crippen MR) is 119 cm³/mol. The molecule has 1 aromatic carbocycles. The summed E-state index contributed by atoms with van der Waals surface area (Å²) in [4.78, 5) is 35.9. The topological polar surface area (TPSA) is 141 Å². The molecule has 0 aliphatic rings. The van der Waals surface area contributed by atoms with Crippen molar-refractivity contribution < 1.29 is 14.7 Å². The van der Waals surface area contributed by atoms with Gasteiger partial charge in [0.1, 0.15) is 11.4 Å². The average molecular weight is 423 g/mol. The van der Waals surface area contributed by atoms with Gasteiger partial charge in [-0.05, 0) is 36.4 Å². The third kappa shape index (κ3) is 6.26. The first-order valence-corrected chi connectivity index (χ1v) is 10.0. The van der Waals surface area contributed by atoms with E-state index in [0.29, 0.717) is 36.8 Å². The van der Waals surface area contributed by atoms with Crippen LogP contribution in [0.3, 0.4) is 0 Å². The van der Waals surface area contributed by atoms with Gasteiger partial charge < -0.3 is 26.4 Å². The minimum absolute atomic E-state index is 0.262. The smallest absolute Gasteiger partial charge is 0.404 e. The highest BCUT2D eigenvalue weighted by Crippen LogP contribution is 2.22. The van der Waals surface area contributed by atoms with Gasteiger partial charge in [0.25, 0.3) is 5.91 Å². The molecule has 2 heterocycles. The van der Waals surface area contributed by atoms with Crippen molar-refractivity contribution in [3.63, 3.8) is 0 Å². The lowest BCUT2D eigenvalue weighted by Crippen LogP contribution is -2.30. The van der Waals surface area contributed by atoms with Crippen LogP contribution in [-0.2, 0) is 0 Å². The van der Waals surface area contributed by atoms with E-state index < -0.39 is 6.09 Å². The normalized spacial score (nSPS) is 10.5.